The van der Waals surface area contributed by atoms with E-state index >= 15 is 0 Å². The molecule has 1 amide bonds. The Balaban J connectivity index is 2.23. The van der Waals surface area contributed by atoms with Crippen molar-refractivity contribution in [1.82, 2.24) is 0 Å². The van der Waals surface area contributed by atoms with Crippen molar-refractivity contribution in [3.05, 3.63) is 53.6 Å². The molecule has 0 saturated carbocycles. The van der Waals surface area contributed by atoms with Gasteiger partial charge in [-0.05, 0) is 48.0 Å². The summed E-state index contributed by atoms with van der Waals surface area (Å²) in [5, 5.41) is 16.8. The molecule has 2 rings (SSSR count). The summed E-state index contributed by atoms with van der Waals surface area (Å²) in [5.74, 6) is 0.339. The number of nitrogens with zero attached hydrogens (tertiary/aromatic N) is 1. The van der Waals surface area contributed by atoms with E-state index in [0.717, 1.165) is 0 Å². The number of carbonyl (C=O) groups excluding carboxylic acids is 1. The molecular weight excluding hydrogens is 370 g/mol. The Hall–Kier alpha value is -3.35. The summed E-state index contributed by atoms with van der Waals surface area (Å²) in [7, 11) is -0.837. The number of nitriles is 1. The van der Waals surface area contributed by atoms with Gasteiger partial charge in [0.15, 0.2) is 11.5 Å². The summed E-state index contributed by atoms with van der Waals surface area (Å²) in [4.78, 5) is 12.2. The zero-order valence-electron chi connectivity index (χ0n) is 14.6. The lowest BCUT2D eigenvalue weighted by Crippen LogP contribution is -2.14. The summed E-state index contributed by atoms with van der Waals surface area (Å²) < 4.78 is 32.8. The van der Waals surface area contributed by atoms with Gasteiger partial charge in [0.2, 0.25) is 10.0 Å². The summed E-state index contributed by atoms with van der Waals surface area (Å²) in [6.07, 6.45) is 1.40. The predicted octanol–water partition coefficient (Wildman–Crippen LogP) is 1.90. The van der Waals surface area contributed by atoms with Crippen LogP contribution in [0.1, 0.15) is 5.56 Å². The Bertz CT molecular complexity index is 1020. The van der Waals surface area contributed by atoms with Crippen molar-refractivity contribution in [2.45, 2.75) is 4.90 Å². The van der Waals surface area contributed by atoms with Crippen LogP contribution in [0.3, 0.4) is 0 Å². The van der Waals surface area contributed by atoms with Gasteiger partial charge in [-0.15, -0.1) is 0 Å². The maximum atomic E-state index is 12.3. The second kappa shape index (κ2) is 8.35. The van der Waals surface area contributed by atoms with Crippen molar-refractivity contribution >= 4 is 27.7 Å². The molecule has 0 bridgehead atoms. The summed E-state index contributed by atoms with van der Waals surface area (Å²) in [5.41, 5.74) is 0.752. The van der Waals surface area contributed by atoms with Gasteiger partial charge in [0, 0.05) is 5.69 Å². The van der Waals surface area contributed by atoms with Gasteiger partial charge in [0.05, 0.1) is 19.1 Å². The second-order valence-electron chi connectivity index (χ2n) is 5.31. The van der Waals surface area contributed by atoms with Crippen molar-refractivity contribution < 1.29 is 22.7 Å². The highest BCUT2D eigenvalue weighted by molar-refractivity contribution is 7.89. The average molecular weight is 387 g/mol. The van der Waals surface area contributed by atoms with Crippen LogP contribution in [0.4, 0.5) is 5.69 Å². The van der Waals surface area contributed by atoms with Crippen LogP contribution in [0.5, 0.6) is 11.5 Å². The standard InChI is InChI=1S/C18H17N3O5S/c1-25-16-8-3-12(10-17(16)26-2)9-13(11-19)18(22)21-14-4-6-15(7-5-14)27(20,23)24/h3-10H,1-2H3,(H,21,22)(H2,20,23,24)/b13-9-. The van der Waals surface area contributed by atoms with E-state index in [0.29, 0.717) is 22.7 Å². The van der Waals surface area contributed by atoms with Crippen molar-refractivity contribution in [2.75, 3.05) is 19.5 Å². The normalized spacial score (nSPS) is 11.4. The molecule has 8 nitrogen and oxygen atoms in total. The van der Waals surface area contributed by atoms with Gasteiger partial charge in [-0.25, -0.2) is 13.6 Å². The van der Waals surface area contributed by atoms with E-state index in [1.54, 1.807) is 18.2 Å². The van der Waals surface area contributed by atoms with Gasteiger partial charge in [-0.3, -0.25) is 4.79 Å². The molecule has 27 heavy (non-hydrogen) atoms. The zero-order chi connectivity index (χ0) is 20.0. The lowest BCUT2D eigenvalue weighted by Gasteiger charge is -2.08. The molecule has 0 aromatic heterocycles. The molecule has 0 radical (unpaired) electrons. The van der Waals surface area contributed by atoms with Gasteiger partial charge in [0.1, 0.15) is 11.6 Å². The maximum Gasteiger partial charge on any atom is 0.266 e. The summed E-state index contributed by atoms with van der Waals surface area (Å²) >= 11 is 0. The largest absolute Gasteiger partial charge is 0.493 e. The van der Waals surface area contributed by atoms with Crippen LogP contribution < -0.4 is 19.9 Å². The molecule has 0 atom stereocenters. The number of carbonyl (C=O) groups is 1. The number of hydrogen-bond acceptors (Lipinski definition) is 6. The van der Waals surface area contributed by atoms with Crippen molar-refractivity contribution in [1.29, 1.82) is 5.26 Å². The Labute approximate surface area is 156 Å². The minimum atomic E-state index is -3.82. The number of nitrogens with two attached hydrogens (primary N) is 1. The first-order valence-corrected chi connectivity index (χ1v) is 9.11. The topological polar surface area (TPSA) is 132 Å². The van der Waals surface area contributed by atoms with E-state index in [1.165, 1.54) is 44.6 Å². The number of anilines is 1. The fourth-order valence-electron chi connectivity index (χ4n) is 2.18. The van der Waals surface area contributed by atoms with Crippen LogP contribution in [-0.4, -0.2) is 28.5 Å². The third kappa shape index (κ3) is 5.07. The number of rotatable bonds is 6. The first-order valence-electron chi connectivity index (χ1n) is 7.56. The molecule has 2 aromatic carbocycles. The SMILES string of the molecule is COc1ccc(/C=C(/C#N)C(=O)Nc2ccc(S(N)(=O)=O)cc2)cc1OC. The Morgan fingerprint density at radius 2 is 1.74 bits per heavy atom. The van der Waals surface area contributed by atoms with Gasteiger partial charge in [0.25, 0.3) is 5.91 Å². The molecular formula is C18H17N3O5S. The number of primary sulfonamides is 1. The molecule has 140 valence electrons. The average Bonchev–Trinajstić information content (AvgIpc) is 2.65. The molecule has 0 aliphatic carbocycles. The number of sulfonamides is 1. The van der Waals surface area contributed by atoms with E-state index in [-0.39, 0.29) is 10.5 Å². The van der Waals surface area contributed by atoms with E-state index in [1.807, 2.05) is 6.07 Å². The molecule has 9 heteroatoms. The van der Waals surface area contributed by atoms with Gasteiger partial charge in [-0.2, -0.15) is 5.26 Å². The molecule has 0 aliphatic rings. The quantitative estimate of drug-likeness (QED) is 0.575. The van der Waals surface area contributed by atoms with Gasteiger partial charge < -0.3 is 14.8 Å². The van der Waals surface area contributed by atoms with E-state index in [9.17, 15) is 18.5 Å². The number of nitrogens with one attached hydrogen (secondary N) is 1. The predicted molar refractivity (Wildman–Crippen MR) is 99.6 cm³/mol. The van der Waals surface area contributed by atoms with Gasteiger partial charge >= 0.3 is 0 Å². The maximum absolute atomic E-state index is 12.3. The molecule has 0 unspecified atom stereocenters. The molecule has 2 aromatic rings. The van der Waals surface area contributed by atoms with Crippen LogP contribution in [-0.2, 0) is 14.8 Å². The first-order chi connectivity index (χ1) is 12.8. The van der Waals surface area contributed by atoms with Crippen LogP contribution in [0, 0.1) is 11.3 Å². The molecule has 0 spiro atoms. The molecule has 3 N–H and O–H groups in total. The number of amides is 1. The second-order valence-corrected chi connectivity index (χ2v) is 6.87. The van der Waals surface area contributed by atoms with Crippen molar-refractivity contribution in [2.24, 2.45) is 5.14 Å². The number of hydrogen-bond donors (Lipinski definition) is 2. The molecule has 0 saturated heterocycles. The first kappa shape index (κ1) is 20.0. The monoisotopic (exact) mass is 387 g/mol. The molecule has 0 heterocycles. The summed E-state index contributed by atoms with van der Waals surface area (Å²) in [6, 6.07) is 12.1. The van der Waals surface area contributed by atoms with Gasteiger partial charge in [-0.1, -0.05) is 6.07 Å². The highest BCUT2D eigenvalue weighted by Crippen LogP contribution is 2.28. The fraction of sp³-hybridized carbons (Fsp3) is 0.111. The van der Waals surface area contributed by atoms with Crippen LogP contribution in [0.2, 0.25) is 0 Å². The van der Waals surface area contributed by atoms with E-state index in [2.05, 4.69) is 5.32 Å². The highest BCUT2D eigenvalue weighted by atomic mass is 32.2. The number of methoxy groups -OCH3 is 2. The van der Waals surface area contributed by atoms with E-state index in [4.69, 9.17) is 14.6 Å². The van der Waals surface area contributed by atoms with E-state index < -0.39 is 15.9 Å². The zero-order valence-corrected chi connectivity index (χ0v) is 15.4. The lowest BCUT2D eigenvalue weighted by molar-refractivity contribution is -0.112. The Kier molecular flexibility index (Phi) is 6.18. The Morgan fingerprint density at radius 1 is 1.11 bits per heavy atom. The molecule has 0 fully saturated rings. The highest BCUT2D eigenvalue weighted by Gasteiger charge is 2.12. The minimum absolute atomic E-state index is 0.0816. The smallest absolute Gasteiger partial charge is 0.266 e. The van der Waals surface area contributed by atoms with Crippen LogP contribution in [0.15, 0.2) is 52.9 Å². The number of benzene rings is 2. The van der Waals surface area contributed by atoms with Crippen LogP contribution >= 0.6 is 0 Å². The third-order valence-electron chi connectivity index (χ3n) is 3.52. The Morgan fingerprint density at radius 3 is 2.26 bits per heavy atom. The summed E-state index contributed by atoms with van der Waals surface area (Å²) in [6.45, 7) is 0. The third-order valence-corrected chi connectivity index (χ3v) is 4.45. The lowest BCUT2D eigenvalue weighted by atomic mass is 10.1. The van der Waals surface area contributed by atoms with Crippen LogP contribution in [0.25, 0.3) is 6.08 Å². The molecule has 0 aliphatic heterocycles. The number of ether oxygens (including phenoxy) is 2. The van der Waals surface area contributed by atoms with Crippen molar-refractivity contribution in [3.63, 3.8) is 0 Å². The minimum Gasteiger partial charge on any atom is -0.493 e. The van der Waals surface area contributed by atoms with Crippen molar-refractivity contribution in [3.8, 4) is 17.6 Å². The fourth-order valence-corrected chi connectivity index (χ4v) is 2.70.